The summed E-state index contributed by atoms with van der Waals surface area (Å²) < 4.78 is 10.9. The van der Waals surface area contributed by atoms with Crippen LogP contribution in [-0.2, 0) is 4.74 Å². The van der Waals surface area contributed by atoms with Crippen molar-refractivity contribution in [2.24, 2.45) is 10.9 Å². The van der Waals surface area contributed by atoms with Crippen molar-refractivity contribution in [3.63, 3.8) is 0 Å². The fraction of sp³-hybridized carbons (Fsp3) is 0.538. The number of rotatable bonds is 8. The third-order valence-electron chi connectivity index (χ3n) is 2.45. The number of aryl methyl sites for hydroxylation is 1. The molecule has 0 saturated heterocycles. The van der Waals surface area contributed by atoms with Crippen LogP contribution in [0.3, 0.4) is 0 Å². The molecule has 0 aromatic carbocycles. The van der Waals surface area contributed by atoms with Crippen molar-refractivity contribution >= 4 is 5.84 Å². The Morgan fingerprint density at radius 1 is 1.37 bits per heavy atom. The number of amidine groups is 1. The third-order valence-corrected chi connectivity index (χ3v) is 2.45. The van der Waals surface area contributed by atoms with Gasteiger partial charge in [0.15, 0.2) is 5.84 Å². The van der Waals surface area contributed by atoms with Crippen LogP contribution in [0.25, 0.3) is 0 Å². The fourth-order valence-electron chi connectivity index (χ4n) is 1.47. The first-order valence-electron chi connectivity index (χ1n) is 6.34. The van der Waals surface area contributed by atoms with E-state index in [0.29, 0.717) is 24.7 Å². The van der Waals surface area contributed by atoms with Crippen LogP contribution in [0.4, 0.5) is 0 Å². The number of hydrogen-bond acceptors (Lipinski definition) is 5. The normalized spacial score (nSPS) is 11.6. The van der Waals surface area contributed by atoms with Crippen molar-refractivity contribution in [1.82, 2.24) is 4.98 Å². The van der Waals surface area contributed by atoms with Gasteiger partial charge in [0.2, 0.25) is 5.88 Å². The van der Waals surface area contributed by atoms with Crippen molar-refractivity contribution in [3.8, 4) is 5.88 Å². The summed E-state index contributed by atoms with van der Waals surface area (Å²) in [5.74, 6) is 0.482. The van der Waals surface area contributed by atoms with E-state index in [1.54, 1.807) is 12.1 Å². The van der Waals surface area contributed by atoms with Gasteiger partial charge in [0.05, 0.1) is 6.61 Å². The maximum Gasteiger partial charge on any atom is 0.214 e. The van der Waals surface area contributed by atoms with Crippen molar-refractivity contribution < 1.29 is 14.7 Å². The van der Waals surface area contributed by atoms with Gasteiger partial charge in [-0.05, 0) is 19.4 Å². The first kappa shape index (κ1) is 15.2. The molecule has 0 bridgehead atoms. The Bertz CT molecular complexity index is 422. The van der Waals surface area contributed by atoms with Crippen molar-refractivity contribution in [3.05, 3.63) is 23.4 Å². The topological polar surface area (TPSA) is 90.0 Å². The van der Waals surface area contributed by atoms with E-state index in [1.165, 1.54) is 0 Å². The Labute approximate surface area is 113 Å². The zero-order valence-corrected chi connectivity index (χ0v) is 11.4. The summed E-state index contributed by atoms with van der Waals surface area (Å²) in [5.41, 5.74) is 6.86. The summed E-state index contributed by atoms with van der Waals surface area (Å²) in [5, 5.41) is 11.6. The van der Waals surface area contributed by atoms with E-state index in [-0.39, 0.29) is 5.84 Å². The molecule has 0 saturated carbocycles. The second kappa shape index (κ2) is 8.31. The maximum absolute atomic E-state index is 8.65. The molecule has 3 N–H and O–H groups in total. The Morgan fingerprint density at radius 3 is 2.84 bits per heavy atom. The molecule has 106 valence electrons. The lowest BCUT2D eigenvalue weighted by molar-refractivity contribution is 0.0964. The zero-order chi connectivity index (χ0) is 14.1. The quantitative estimate of drug-likeness (QED) is 0.246. The molecule has 6 nitrogen and oxygen atoms in total. The van der Waals surface area contributed by atoms with Crippen LogP contribution in [0.5, 0.6) is 5.88 Å². The molecule has 0 spiro atoms. The summed E-state index contributed by atoms with van der Waals surface area (Å²) in [6, 6.07) is 3.35. The van der Waals surface area contributed by atoms with Crippen LogP contribution >= 0.6 is 0 Å². The van der Waals surface area contributed by atoms with Crippen LogP contribution in [0.15, 0.2) is 17.3 Å². The molecular weight excluding hydrogens is 246 g/mol. The summed E-state index contributed by atoms with van der Waals surface area (Å²) in [7, 11) is 0. The van der Waals surface area contributed by atoms with E-state index in [1.807, 2.05) is 6.92 Å². The van der Waals surface area contributed by atoms with Crippen molar-refractivity contribution in [2.45, 2.75) is 26.7 Å². The second-order valence-electron chi connectivity index (χ2n) is 4.14. The van der Waals surface area contributed by atoms with Crippen LogP contribution in [0, 0.1) is 6.92 Å². The summed E-state index contributed by atoms with van der Waals surface area (Å²) in [4.78, 5) is 4.21. The van der Waals surface area contributed by atoms with E-state index in [0.717, 1.165) is 25.1 Å². The van der Waals surface area contributed by atoms with Gasteiger partial charge in [0.1, 0.15) is 6.61 Å². The summed E-state index contributed by atoms with van der Waals surface area (Å²) in [6.07, 6.45) is 2.17. The van der Waals surface area contributed by atoms with Gasteiger partial charge in [-0.15, -0.1) is 0 Å². The van der Waals surface area contributed by atoms with Crippen LogP contribution in [0.2, 0.25) is 0 Å². The second-order valence-corrected chi connectivity index (χ2v) is 4.14. The van der Waals surface area contributed by atoms with E-state index >= 15 is 0 Å². The van der Waals surface area contributed by atoms with Gasteiger partial charge in [-0.2, -0.15) is 0 Å². The standard InChI is InChI=1S/C13H21N3O3/c1-3-4-5-18-6-7-19-12-9-11(13(14)16-17)8-10(2)15-12/h8-9,17H,3-7H2,1-2H3,(H2,14,16). The molecule has 1 aromatic heterocycles. The predicted molar refractivity (Wildman–Crippen MR) is 72.7 cm³/mol. The van der Waals surface area contributed by atoms with Gasteiger partial charge < -0.3 is 20.4 Å². The molecule has 1 rings (SSSR count). The van der Waals surface area contributed by atoms with Gasteiger partial charge in [-0.25, -0.2) is 4.98 Å². The molecule has 1 heterocycles. The Morgan fingerprint density at radius 2 is 2.16 bits per heavy atom. The van der Waals surface area contributed by atoms with E-state index < -0.39 is 0 Å². The molecule has 0 fully saturated rings. The molecule has 19 heavy (non-hydrogen) atoms. The number of hydrogen-bond donors (Lipinski definition) is 2. The number of ether oxygens (including phenoxy) is 2. The minimum absolute atomic E-state index is 0.0366. The Balaban J connectivity index is 2.47. The number of nitrogens with zero attached hydrogens (tertiary/aromatic N) is 2. The van der Waals surface area contributed by atoms with E-state index in [9.17, 15) is 0 Å². The average Bonchev–Trinajstić information content (AvgIpc) is 2.41. The smallest absolute Gasteiger partial charge is 0.214 e. The molecule has 0 unspecified atom stereocenters. The predicted octanol–water partition coefficient (Wildman–Crippen LogP) is 1.68. The largest absolute Gasteiger partial charge is 0.475 e. The highest BCUT2D eigenvalue weighted by Gasteiger charge is 2.05. The van der Waals surface area contributed by atoms with Crippen LogP contribution < -0.4 is 10.5 Å². The van der Waals surface area contributed by atoms with Crippen LogP contribution in [-0.4, -0.2) is 35.8 Å². The number of pyridine rings is 1. The number of oxime groups is 1. The molecule has 0 atom stereocenters. The van der Waals surface area contributed by atoms with Gasteiger partial charge >= 0.3 is 0 Å². The Hall–Kier alpha value is -1.82. The lowest BCUT2D eigenvalue weighted by atomic mass is 10.2. The lowest BCUT2D eigenvalue weighted by Crippen LogP contribution is -2.14. The molecule has 0 amide bonds. The molecule has 0 radical (unpaired) electrons. The van der Waals surface area contributed by atoms with Crippen LogP contribution in [0.1, 0.15) is 31.0 Å². The number of nitrogens with two attached hydrogens (primary N) is 1. The van der Waals surface area contributed by atoms with Gasteiger partial charge in [0.25, 0.3) is 0 Å². The Kier molecular flexibility index (Phi) is 6.67. The molecule has 0 aliphatic carbocycles. The first-order valence-corrected chi connectivity index (χ1v) is 6.34. The van der Waals surface area contributed by atoms with E-state index in [2.05, 4.69) is 17.1 Å². The molecule has 0 aliphatic heterocycles. The highest BCUT2D eigenvalue weighted by molar-refractivity contribution is 5.97. The minimum Gasteiger partial charge on any atom is -0.475 e. The van der Waals surface area contributed by atoms with Gasteiger partial charge in [0, 0.05) is 23.9 Å². The maximum atomic E-state index is 8.65. The summed E-state index contributed by atoms with van der Waals surface area (Å²) in [6.45, 7) is 5.63. The van der Waals surface area contributed by atoms with Crippen molar-refractivity contribution in [1.29, 1.82) is 0 Å². The highest BCUT2D eigenvalue weighted by atomic mass is 16.5. The van der Waals surface area contributed by atoms with Gasteiger partial charge in [-0.3, -0.25) is 0 Å². The minimum atomic E-state index is 0.0366. The third kappa shape index (κ3) is 5.56. The monoisotopic (exact) mass is 267 g/mol. The van der Waals surface area contributed by atoms with Crippen molar-refractivity contribution in [2.75, 3.05) is 19.8 Å². The number of aromatic nitrogens is 1. The lowest BCUT2D eigenvalue weighted by Gasteiger charge is -2.08. The SMILES string of the molecule is CCCCOCCOc1cc(/C(N)=N/O)cc(C)n1. The molecule has 6 heteroatoms. The molecule has 0 aliphatic rings. The molecule has 1 aromatic rings. The van der Waals surface area contributed by atoms with Gasteiger partial charge in [-0.1, -0.05) is 18.5 Å². The average molecular weight is 267 g/mol. The first-order chi connectivity index (χ1) is 9.17. The number of unbranched alkanes of at least 4 members (excludes halogenated alkanes) is 1. The molecular formula is C13H21N3O3. The zero-order valence-electron chi connectivity index (χ0n) is 11.4. The van der Waals surface area contributed by atoms with E-state index in [4.69, 9.17) is 20.4 Å². The highest BCUT2D eigenvalue weighted by Crippen LogP contribution is 2.12. The summed E-state index contributed by atoms with van der Waals surface area (Å²) >= 11 is 0. The fourth-order valence-corrected chi connectivity index (χ4v) is 1.47.